The van der Waals surface area contributed by atoms with Crippen LogP contribution in [0.4, 0.5) is 10.1 Å². The molecular weight excluding hydrogens is 333 g/mol. The largest absolute Gasteiger partial charge is 0.397 e. The molecular formula is C19H28FN3OSi. The summed E-state index contributed by atoms with van der Waals surface area (Å²) in [6.45, 7) is 16.1. The Morgan fingerprint density at radius 1 is 1.32 bits per heavy atom. The van der Waals surface area contributed by atoms with Crippen molar-refractivity contribution in [1.82, 2.24) is 9.88 Å². The molecule has 0 atom stereocenters. The lowest BCUT2D eigenvalue weighted by Crippen LogP contribution is -2.29. The van der Waals surface area contributed by atoms with Crippen LogP contribution < -0.4 is 5.73 Å². The molecule has 2 rings (SSSR count). The van der Waals surface area contributed by atoms with Gasteiger partial charge in [-0.25, -0.2) is 4.39 Å². The smallest absolute Gasteiger partial charge is 0.151 e. The van der Waals surface area contributed by atoms with Crippen LogP contribution >= 0.6 is 0 Å². The quantitative estimate of drug-likeness (QED) is 0.593. The molecule has 0 bridgehead atoms. The van der Waals surface area contributed by atoms with E-state index in [0.29, 0.717) is 18.1 Å². The Labute approximate surface area is 150 Å². The maximum Gasteiger partial charge on any atom is 0.151 e. The molecule has 0 aliphatic carbocycles. The Morgan fingerprint density at radius 2 is 2.00 bits per heavy atom. The monoisotopic (exact) mass is 361 g/mol. The van der Waals surface area contributed by atoms with Gasteiger partial charge in [-0.15, -0.1) is 0 Å². The van der Waals surface area contributed by atoms with E-state index < -0.39 is 13.9 Å². The maximum absolute atomic E-state index is 14.4. The van der Waals surface area contributed by atoms with Crippen molar-refractivity contribution >= 4 is 19.3 Å². The number of pyridine rings is 1. The molecule has 1 aromatic rings. The summed E-state index contributed by atoms with van der Waals surface area (Å²) >= 11 is 0. The van der Waals surface area contributed by atoms with Gasteiger partial charge in [-0.2, -0.15) is 0 Å². The van der Waals surface area contributed by atoms with Gasteiger partial charge in [-0.1, -0.05) is 26.2 Å². The second-order valence-electron chi connectivity index (χ2n) is 7.65. The minimum atomic E-state index is -1.13. The van der Waals surface area contributed by atoms with Crippen molar-refractivity contribution in [2.75, 3.05) is 19.1 Å². The minimum absolute atomic E-state index is 0.306. The molecule has 0 saturated heterocycles. The van der Waals surface area contributed by atoms with Crippen LogP contribution in [0.15, 0.2) is 41.9 Å². The van der Waals surface area contributed by atoms with E-state index in [1.807, 2.05) is 24.8 Å². The van der Waals surface area contributed by atoms with E-state index in [1.165, 1.54) is 12.3 Å². The van der Waals surface area contributed by atoms with Crippen molar-refractivity contribution in [2.24, 2.45) is 0 Å². The van der Waals surface area contributed by atoms with Crippen molar-refractivity contribution in [1.29, 1.82) is 0 Å². The molecule has 136 valence electrons. The van der Waals surface area contributed by atoms with Gasteiger partial charge in [0.2, 0.25) is 0 Å². The van der Waals surface area contributed by atoms with Crippen molar-refractivity contribution < 1.29 is 9.13 Å². The highest BCUT2D eigenvalue weighted by Crippen LogP contribution is 2.35. The van der Waals surface area contributed by atoms with Gasteiger partial charge in [-0.3, -0.25) is 4.98 Å². The van der Waals surface area contributed by atoms with Crippen molar-refractivity contribution in [3.63, 3.8) is 0 Å². The summed E-state index contributed by atoms with van der Waals surface area (Å²) < 4.78 is 20.2. The summed E-state index contributed by atoms with van der Waals surface area (Å²) in [7, 11) is -1.13. The number of ether oxygens (including phenoxy) is 1. The van der Waals surface area contributed by atoms with Gasteiger partial charge >= 0.3 is 0 Å². The van der Waals surface area contributed by atoms with Crippen molar-refractivity contribution in [2.45, 2.75) is 39.5 Å². The first-order valence-corrected chi connectivity index (χ1v) is 12.2. The van der Waals surface area contributed by atoms with E-state index in [2.05, 4.69) is 31.2 Å². The lowest BCUT2D eigenvalue weighted by molar-refractivity contribution is 0.0741. The molecule has 4 nitrogen and oxygen atoms in total. The molecule has 0 saturated carbocycles. The van der Waals surface area contributed by atoms with Gasteiger partial charge in [0.15, 0.2) is 5.82 Å². The number of nitrogens with two attached hydrogens (primary N) is 1. The summed E-state index contributed by atoms with van der Waals surface area (Å²) in [5, 5.41) is 0. The van der Waals surface area contributed by atoms with E-state index in [1.54, 1.807) is 0 Å². The molecule has 0 amide bonds. The van der Waals surface area contributed by atoms with Crippen LogP contribution in [0.3, 0.4) is 0 Å². The average Bonchev–Trinajstić information content (AvgIpc) is 2.47. The highest BCUT2D eigenvalue weighted by molar-refractivity contribution is 6.76. The number of halogens is 1. The van der Waals surface area contributed by atoms with Gasteiger partial charge < -0.3 is 15.4 Å². The number of hydrogen-bond donors (Lipinski definition) is 1. The molecule has 1 aliphatic rings. The van der Waals surface area contributed by atoms with E-state index in [-0.39, 0.29) is 0 Å². The molecule has 0 aromatic carbocycles. The highest BCUT2D eigenvalue weighted by atomic mass is 28.3. The minimum Gasteiger partial charge on any atom is -0.397 e. The van der Waals surface area contributed by atoms with Crippen molar-refractivity contribution in [3.05, 3.63) is 53.4 Å². The Kier molecular flexibility index (Phi) is 5.85. The van der Waals surface area contributed by atoms with Crippen LogP contribution in [0, 0.1) is 5.82 Å². The topological polar surface area (TPSA) is 51.4 Å². The van der Waals surface area contributed by atoms with E-state index in [0.717, 1.165) is 35.2 Å². The molecule has 1 aromatic heterocycles. The molecule has 25 heavy (non-hydrogen) atoms. The first-order chi connectivity index (χ1) is 11.6. The van der Waals surface area contributed by atoms with Crippen LogP contribution in [0.5, 0.6) is 0 Å². The van der Waals surface area contributed by atoms with Gasteiger partial charge in [0.1, 0.15) is 12.4 Å². The zero-order valence-electron chi connectivity index (χ0n) is 15.8. The molecule has 1 aliphatic heterocycles. The normalized spacial score (nSPS) is 15.7. The molecule has 2 N–H and O–H groups in total. The van der Waals surface area contributed by atoms with Gasteiger partial charge in [0.05, 0.1) is 11.9 Å². The Balaban J connectivity index is 2.24. The number of nitrogen functional groups attached to an aromatic ring is 1. The Bertz CT molecular complexity index is 735. The third-order valence-corrected chi connectivity index (χ3v) is 5.91. The fraction of sp³-hybridized carbons (Fsp3) is 0.421. The summed E-state index contributed by atoms with van der Waals surface area (Å²) in [6.07, 6.45) is 3.41. The van der Waals surface area contributed by atoms with E-state index >= 15 is 0 Å². The van der Waals surface area contributed by atoms with Gasteiger partial charge in [0.25, 0.3) is 0 Å². The fourth-order valence-electron chi connectivity index (χ4n) is 2.74. The highest BCUT2D eigenvalue weighted by Gasteiger charge is 2.24. The number of rotatable bonds is 6. The number of nitrogens with zero attached hydrogens (tertiary/aromatic N) is 2. The van der Waals surface area contributed by atoms with Crippen molar-refractivity contribution in [3.8, 4) is 0 Å². The first kappa shape index (κ1) is 19.4. The van der Waals surface area contributed by atoms with E-state index in [4.69, 9.17) is 10.5 Å². The SMILES string of the molecule is C=C1C=C(C)C(c2ncc(N)cc2F)=C(C)N1COCC[Si](C)(C)C. The number of anilines is 1. The zero-order chi connectivity index (χ0) is 18.8. The number of allylic oxidation sites excluding steroid dienone is 4. The van der Waals surface area contributed by atoms with Crippen LogP contribution in [-0.2, 0) is 4.74 Å². The summed E-state index contributed by atoms with van der Waals surface area (Å²) in [6, 6.07) is 2.40. The van der Waals surface area contributed by atoms with Gasteiger partial charge in [0, 0.05) is 37.7 Å². The fourth-order valence-corrected chi connectivity index (χ4v) is 3.50. The molecule has 6 heteroatoms. The van der Waals surface area contributed by atoms with Gasteiger partial charge in [-0.05, 0) is 31.5 Å². The molecule has 0 unspecified atom stereocenters. The first-order valence-electron chi connectivity index (χ1n) is 8.45. The van der Waals surface area contributed by atoms with Crippen LogP contribution in [-0.4, -0.2) is 31.3 Å². The summed E-state index contributed by atoms with van der Waals surface area (Å²) in [5.74, 6) is -0.422. The number of aromatic nitrogens is 1. The Morgan fingerprint density at radius 3 is 2.60 bits per heavy atom. The van der Waals surface area contributed by atoms with E-state index in [9.17, 15) is 4.39 Å². The lowest BCUT2D eigenvalue weighted by Gasteiger charge is -2.32. The molecule has 2 heterocycles. The average molecular weight is 362 g/mol. The molecule has 0 spiro atoms. The lowest BCUT2D eigenvalue weighted by atomic mass is 9.96. The standard InChI is InChI=1S/C19H28FN3OSi/c1-13-9-14(2)23(12-24-7-8-25(4,5)6)15(3)18(13)19-17(20)10-16(21)11-22-19/h9-11H,2,7-8,12,21H2,1,3-6H3. The Hall–Kier alpha value is -1.92. The van der Waals surface area contributed by atoms with Crippen LogP contribution in [0.2, 0.25) is 25.7 Å². The van der Waals surface area contributed by atoms with Crippen LogP contribution in [0.1, 0.15) is 19.5 Å². The molecule has 0 radical (unpaired) electrons. The summed E-state index contributed by atoms with van der Waals surface area (Å²) in [5.41, 5.74) is 9.65. The summed E-state index contributed by atoms with van der Waals surface area (Å²) in [4.78, 5) is 6.16. The second kappa shape index (κ2) is 7.54. The third-order valence-electron chi connectivity index (χ3n) is 4.21. The predicted octanol–water partition coefficient (Wildman–Crippen LogP) is 4.62. The van der Waals surface area contributed by atoms with Crippen LogP contribution in [0.25, 0.3) is 5.57 Å². The third kappa shape index (κ3) is 4.80. The maximum atomic E-state index is 14.4. The second-order valence-corrected chi connectivity index (χ2v) is 13.3. The number of hydrogen-bond acceptors (Lipinski definition) is 4. The zero-order valence-corrected chi connectivity index (χ0v) is 16.8. The molecule has 0 fully saturated rings. The predicted molar refractivity (Wildman–Crippen MR) is 105 cm³/mol.